The van der Waals surface area contributed by atoms with Crippen molar-refractivity contribution in [3.63, 3.8) is 0 Å². The second kappa shape index (κ2) is 8.13. The molecular formula is C24H27N3O4. The van der Waals surface area contributed by atoms with Crippen molar-refractivity contribution in [2.75, 3.05) is 12.4 Å². The van der Waals surface area contributed by atoms with E-state index in [9.17, 15) is 14.4 Å². The van der Waals surface area contributed by atoms with Gasteiger partial charge >= 0.3 is 5.97 Å². The summed E-state index contributed by atoms with van der Waals surface area (Å²) in [4.78, 5) is 46.2. The molecule has 1 fully saturated rings. The SMILES string of the molecule is COC(=O)[C@@H]1C[C@H](CC(C)C)N(C(=O)Cc2ccccn2)[C@@]12C(=O)Nc1ccccc12. The standard InChI is InChI=1S/C24H27N3O4/c1-15(2)12-17-14-19(22(29)31-3)24(18-9-4-5-10-20(18)26-23(24)30)27(17)21(28)13-16-8-6-7-11-25-16/h4-11,15,17,19H,12-14H2,1-3H3,(H,26,30)/t17-,19-,24+/m0/s1. The number of aromatic nitrogens is 1. The van der Waals surface area contributed by atoms with E-state index in [2.05, 4.69) is 24.1 Å². The third kappa shape index (κ3) is 3.38. The van der Waals surface area contributed by atoms with E-state index in [1.165, 1.54) is 7.11 Å². The summed E-state index contributed by atoms with van der Waals surface area (Å²) < 4.78 is 5.11. The van der Waals surface area contributed by atoms with E-state index >= 15 is 0 Å². The minimum absolute atomic E-state index is 0.0561. The van der Waals surface area contributed by atoms with E-state index in [1.807, 2.05) is 24.3 Å². The molecule has 2 aliphatic heterocycles. The summed E-state index contributed by atoms with van der Waals surface area (Å²) in [6, 6.07) is 12.4. The normalized spacial score (nSPS) is 24.4. The van der Waals surface area contributed by atoms with Gasteiger partial charge in [-0.1, -0.05) is 38.1 Å². The number of hydrogen-bond acceptors (Lipinski definition) is 5. The average Bonchev–Trinajstić information content (AvgIpc) is 3.23. The van der Waals surface area contributed by atoms with Gasteiger partial charge in [-0.15, -0.1) is 0 Å². The van der Waals surface area contributed by atoms with Crippen LogP contribution in [0.2, 0.25) is 0 Å². The molecule has 1 spiro atoms. The van der Waals surface area contributed by atoms with Gasteiger partial charge in [0.05, 0.1) is 19.4 Å². The Kier molecular flexibility index (Phi) is 5.52. The summed E-state index contributed by atoms with van der Waals surface area (Å²) in [6.45, 7) is 4.14. The number of fused-ring (bicyclic) bond motifs is 2. The monoisotopic (exact) mass is 421 g/mol. The molecule has 162 valence electrons. The lowest BCUT2D eigenvalue weighted by molar-refractivity contribution is -0.156. The number of amides is 2. The van der Waals surface area contributed by atoms with Crippen molar-refractivity contribution in [1.29, 1.82) is 0 Å². The van der Waals surface area contributed by atoms with Crippen LogP contribution in [0.3, 0.4) is 0 Å². The second-order valence-corrected chi connectivity index (χ2v) is 8.62. The summed E-state index contributed by atoms with van der Waals surface area (Å²) in [7, 11) is 1.32. The molecule has 0 bridgehead atoms. The lowest BCUT2D eigenvalue weighted by atomic mass is 9.79. The van der Waals surface area contributed by atoms with Gasteiger partial charge in [0.25, 0.3) is 5.91 Å². The maximum Gasteiger partial charge on any atom is 0.312 e. The average molecular weight is 421 g/mol. The lowest BCUT2D eigenvalue weighted by Crippen LogP contribution is -2.57. The van der Waals surface area contributed by atoms with Crippen LogP contribution < -0.4 is 5.32 Å². The third-order valence-corrected chi connectivity index (χ3v) is 6.25. The zero-order valence-electron chi connectivity index (χ0n) is 18.0. The highest BCUT2D eigenvalue weighted by Crippen LogP contribution is 2.54. The van der Waals surface area contributed by atoms with Gasteiger partial charge in [-0.05, 0) is 37.0 Å². The molecule has 4 rings (SSSR count). The molecule has 1 aromatic carbocycles. The molecule has 1 saturated heterocycles. The van der Waals surface area contributed by atoms with Crippen LogP contribution in [0.4, 0.5) is 5.69 Å². The maximum absolute atomic E-state index is 13.7. The number of para-hydroxylation sites is 1. The molecule has 2 aromatic rings. The van der Waals surface area contributed by atoms with Gasteiger partial charge in [0.1, 0.15) is 0 Å². The van der Waals surface area contributed by atoms with Crippen LogP contribution in [0.5, 0.6) is 0 Å². The first kappa shape index (κ1) is 21.0. The molecular weight excluding hydrogens is 394 g/mol. The first-order chi connectivity index (χ1) is 14.9. The van der Waals surface area contributed by atoms with E-state index in [0.29, 0.717) is 29.8 Å². The second-order valence-electron chi connectivity index (χ2n) is 8.62. The lowest BCUT2D eigenvalue weighted by Gasteiger charge is -2.39. The minimum Gasteiger partial charge on any atom is -0.469 e. The Morgan fingerprint density at radius 2 is 1.97 bits per heavy atom. The Balaban J connectivity index is 1.87. The summed E-state index contributed by atoms with van der Waals surface area (Å²) in [5.41, 5.74) is 0.479. The smallest absolute Gasteiger partial charge is 0.312 e. The summed E-state index contributed by atoms with van der Waals surface area (Å²) in [5, 5.41) is 2.91. The fraction of sp³-hybridized carbons (Fsp3) is 0.417. The van der Waals surface area contributed by atoms with Crippen LogP contribution >= 0.6 is 0 Å². The Morgan fingerprint density at radius 3 is 2.65 bits per heavy atom. The van der Waals surface area contributed by atoms with E-state index in [4.69, 9.17) is 4.74 Å². The van der Waals surface area contributed by atoms with Gasteiger partial charge in [0.2, 0.25) is 5.91 Å². The van der Waals surface area contributed by atoms with Gasteiger partial charge < -0.3 is 15.0 Å². The van der Waals surface area contributed by atoms with Crippen LogP contribution in [0.15, 0.2) is 48.7 Å². The van der Waals surface area contributed by atoms with Crippen LogP contribution in [-0.4, -0.2) is 40.8 Å². The largest absolute Gasteiger partial charge is 0.469 e. The third-order valence-electron chi connectivity index (χ3n) is 6.25. The topological polar surface area (TPSA) is 88.6 Å². The minimum atomic E-state index is -1.42. The van der Waals surface area contributed by atoms with Crippen molar-refractivity contribution < 1.29 is 19.1 Å². The zero-order valence-corrected chi connectivity index (χ0v) is 18.0. The van der Waals surface area contributed by atoms with Crippen LogP contribution in [0.25, 0.3) is 0 Å². The van der Waals surface area contributed by atoms with E-state index in [1.54, 1.807) is 29.3 Å². The number of nitrogens with zero attached hydrogens (tertiary/aromatic N) is 2. The maximum atomic E-state index is 13.7. The van der Waals surface area contributed by atoms with Crippen molar-refractivity contribution in [3.05, 3.63) is 59.9 Å². The number of carbonyl (C=O) groups is 3. The molecule has 0 saturated carbocycles. The van der Waals surface area contributed by atoms with Gasteiger partial charge in [-0.25, -0.2) is 0 Å². The predicted octanol–water partition coefficient (Wildman–Crippen LogP) is 2.91. The highest BCUT2D eigenvalue weighted by atomic mass is 16.5. The van der Waals surface area contributed by atoms with Crippen molar-refractivity contribution in [2.45, 2.75) is 44.7 Å². The van der Waals surface area contributed by atoms with Crippen LogP contribution in [-0.2, 0) is 31.1 Å². The highest BCUT2D eigenvalue weighted by molar-refractivity contribution is 6.10. The first-order valence-corrected chi connectivity index (χ1v) is 10.6. The number of likely N-dealkylation sites (tertiary alicyclic amines) is 1. The number of rotatable bonds is 5. The van der Waals surface area contributed by atoms with E-state index in [-0.39, 0.29) is 30.2 Å². The fourth-order valence-electron chi connectivity index (χ4n) is 5.15. The summed E-state index contributed by atoms with van der Waals surface area (Å²) in [5.74, 6) is -1.55. The van der Waals surface area contributed by atoms with E-state index < -0.39 is 17.4 Å². The van der Waals surface area contributed by atoms with Crippen molar-refractivity contribution >= 4 is 23.5 Å². The van der Waals surface area contributed by atoms with Gasteiger partial charge in [0.15, 0.2) is 5.54 Å². The van der Waals surface area contributed by atoms with E-state index in [0.717, 1.165) is 0 Å². The number of carbonyl (C=O) groups excluding carboxylic acids is 3. The molecule has 0 aliphatic carbocycles. The molecule has 2 aliphatic rings. The van der Waals surface area contributed by atoms with Crippen molar-refractivity contribution in [3.8, 4) is 0 Å². The molecule has 31 heavy (non-hydrogen) atoms. The van der Waals surface area contributed by atoms with Gasteiger partial charge in [0, 0.05) is 29.2 Å². The Morgan fingerprint density at radius 1 is 1.23 bits per heavy atom. The molecule has 3 heterocycles. The number of pyridine rings is 1. The van der Waals surface area contributed by atoms with Gasteiger partial charge in [-0.3, -0.25) is 19.4 Å². The summed E-state index contributed by atoms with van der Waals surface area (Å²) >= 11 is 0. The predicted molar refractivity (Wildman–Crippen MR) is 115 cm³/mol. The number of esters is 1. The Bertz CT molecular complexity index is 1010. The number of ether oxygens (including phenoxy) is 1. The fourth-order valence-corrected chi connectivity index (χ4v) is 5.15. The molecule has 7 heteroatoms. The van der Waals surface area contributed by atoms with Crippen LogP contribution in [0, 0.1) is 11.8 Å². The van der Waals surface area contributed by atoms with Gasteiger partial charge in [-0.2, -0.15) is 0 Å². The molecule has 7 nitrogen and oxygen atoms in total. The first-order valence-electron chi connectivity index (χ1n) is 10.6. The van der Waals surface area contributed by atoms with Crippen LogP contribution in [0.1, 0.15) is 37.9 Å². The molecule has 3 atom stereocenters. The van der Waals surface area contributed by atoms with Crippen molar-refractivity contribution in [1.82, 2.24) is 9.88 Å². The Labute approximate surface area is 181 Å². The molecule has 0 radical (unpaired) electrons. The number of benzene rings is 1. The van der Waals surface area contributed by atoms with Crippen molar-refractivity contribution in [2.24, 2.45) is 11.8 Å². The molecule has 1 aromatic heterocycles. The molecule has 0 unspecified atom stereocenters. The molecule has 1 N–H and O–H groups in total. The molecule has 2 amide bonds. The number of methoxy groups -OCH3 is 1. The zero-order chi connectivity index (χ0) is 22.2. The number of nitrogens with one attached hydrogen (secondary N) is 1. The highest BCUT2D eigenvalue weighted by Gasteiger charge is 2.66. The number of anilines is 1. The summed E-state index contributed by atoms with van der Waals surface area (Å²) in [6.07, 6.45) is 2.75. The number of hydrogen-bond donors (Lipinski definition) is 1. The quantitative estimate of drug-likeness (QED) is 0.750. The Hall–Kier alpha value is -3.22.